The minimum atomic E-state index is -0.380. The Kier molecular flexibility index (Phi) is 3.37. The molecule has 4 heteroatoms. The smallest absolute Gasteiger partial charge is 0.258 e. The summed E-state index contributed by atoms with van der Waals surface area (Å²) >= 11 is 0. The third-order valence-corrected chi connectivity index (χ3v) is 3.11. The molecule has 0 bridgehead atoms. The number of hydrogen-bond donors (Lipinski definition) is 0. The number of aromatic nitrogens is 1. The fraction of sp³-hybridized carbons (Fsp3) is 0.214. The molecular formula is C14H15N2O2+. The number of benzene rings is 1. The second kappa shape index (κ2) is 4.96. The van der Waals surface area contributed by atoms with Crippen LogP contribution in [0.1, 0.15) is 16.8 Å². The Morgan fingerprint density at radius 1 is 1.17 bits per heavy atom. The maximum atomic E-state index is 10.6. The van der Waals surface area contributed by atoms with E-state index in [4.69, 9.17) is 0 Å². The van der Waals surface area contributed by atoms with Crippen molar-refractivity contribution in [2.45, 2.75) is 20.4 Å². The largest absolute Gasteiger partial charge is 0.269 e. The summed E-state index contributed by atoms with van der Waals surface area (Å²) in [4.78, 5) is 10.2. The van der Waals surface area contributed by atoms with Crippen molar-refractivity contribution in [2.24, 2.45) is 0 Å². The quantitative estimate of drug-likeness (QED) is 0.472. The van der Waals surface area contributed by atoms with Crippen LogP contribution in [0.15, 0.2) is 42.6 Å². The van der Waals surface area contributed by atoms with E-state index in [-0.39, 0.29) is 10.6 Å². The SMILES string of the molecule is Cc1ccc[n+](Cc2ccc([N+](=O)[O-])cc2)c1C. The Labute approximate surface area is 106 Å². The average Bonchev–Trinajstić information content (AvgIpc) is 2.36. The van der Waals surface area contributed by atoms with E-state index in [2.05, 4.69) is 24.5 Å². The van der Waals surface area contributed by atoms with E-state index < -0.39 is 0 Å². The van der Waals surface area contributed by atoms with Crippen molar-refractivity contribution in [3.8, 4) is 0 Å². The van der Waals surface area contributed by atoms with E-state index in [9.17, 15) is 10.1 Å². The van der Waals surface area contributed by atoms with Gasteiger partial charge in [-0.3, -0.25) is 10.1 Å². The van der Waals surface area contributed by atoms with Gasteiger partial charge in [0.05, 0.1) is 4.92 Å². The zero-order valence-corrected chi connectivity index (χ0v) is 10.5. The Bertz CT molecular complexity index is 577. The van der Waals surface area contributed by atoms with Gasteiger partial charge in [-0.1, -0.05) is 0 Å². The van der Waals surface area contributed by atoms with Crippen LogP contribution in [0.2, 0.25) is 0 Å². The first-order valence-corrected chi connectivity index (χ1v) is 5.77. The molecule has 0 aliphatic heterocycles. The number of pyridine rings is 1. The second-order valence-electron chi connectivity index (χ2n) is 4.33. The third-order valence-electron chi connectivity index (χ3n) is 3.11. The molecule has 4 nitrogen and oxygen atoms in total. The molecule has 1 aromatic carbocycles. The first-order valence-electron chi connectivity index (χ1n) is 5.77. The number of nitro groups is 1. The molecule has 2 rings (SSSR count). The van der Waals surface area contributed by atoms with Gasteiger partial charge in [0, 0.05) is 36.2 Å². The summed E-state index contributed by atoms with van der Waals surface area (Å²) in [5.74, 6) is 0. The summed E-state index contributed by atoms with van der Waals surface area (Å²) in [5.41, 5.74) is 3.62. The number of rotatable bonds is 3. The van der Waals surface area contributed by atoms with Crippen LogP contribution in [-0.4, -0.2) is 4.92 Å². The van der Waals surface area contributed by atoms with Gasteiger partial charge in [-0.15, -0.1) is 0 Å². The molecule has 0 saturated heterocycles. The highest BCUT2D eigenvalue weighted by Crippen LogP contribution is 2.12. The van der Waals surface area contributed by atoms with Crippen LogP contribution in [0.4, 0.5) is 5.69 Å². The summed E-state index contributed by atoms with van der Waals surface area (Å²) in [7, 11) is 0. The van der Waals surface area contributed by atoms with Crippen molar-refractivity contribution in [1.29, 1.82) is 0 Å². The van der Waals surface area contributed by atoms with Crippen LogP contribution in [0, 0.1) is 24.0 Å². The molecule has 1 aromatic heterocycles. The van der Waals surface area contributed by atoms with Gasteiger partial charge in [0.25, 0.3) is 5.69 Å². The Morgan fingerprint density at radius 2 is 1.83 bits per heavy atom. The van der Waals surface area contributed by atoms with Crippen LogP contribution < -0.4 is 4.57 Å². The molecule has 0 N–H and O–H groups in total. The lowest BCUT2D eigenvalue weighted by atomic mass is 10.1. The van der Waals surface area contributed by atoms with Crippen molar-refractivity contribution in [3.05, 3.63) is 69.5 Å². The molecular weight excluding hydrogens is 228 g/mol. The maximum absolute atomic E-state index is 10.6. The molecule has 18 heavy (non-hydrogen) atoms. The van der Waals surface area contributed by atoms with Crippen LogP contribution in [-0.2, 0) is 6.54 Å². The van der Waals surface area contributed by atoms with Crippen molar-refractivity contribution in [1.82, 2.24) is 0 Å². The lowest BCUT2D eigenvalue weighted by Crippen LogP contribution is -2.37. The fourth-order valence-corrected chi connectivity index (χ4v) is 1.84. The van der Waals surface area contributed by atoms with E-state index in [0.717, 1.165) is 12.1 Å². The van der Waals surface area contributed by atoms with Gasteiger partial charge in [-0.2, -0.15) is 4.57 Å². The van der Waals surface area contributed by atoms with E-state index in [1.54, 1.807) is 24.3 Å². The van der Waals surface area contributed by atoms with Crippen molar-refractivity contribution < 1.29 is 9.49 Å². The van der Waals surface area contributed by atoms with Crippen molar-refractivity contribution in [3.63, 3.8) is 0 Å². The van der Waals surface area contributed by atoms with Crippen LogP contribution in [0.5, 0.6) is 0 Å². The van der Waals surface area contributed by atoms with Crippen LogP contribution >= 0.6 is 0 Å². The molecule has 2 aromatic rings. The number of nitrogens with zero attached hydrogens (tertiary/aromatic N) is 2. The van der Waals surface area contributed by atoms with Crippen molar-refractivity contribution >= 4 is 5.69 Å². The summed E-state index contributed by atoms with van der Waals surface area (Å²) in [5, 5.41) is 10.6. The zero-order chi connectivity index (χ0) is 13.1. The highest BCUT2D eigenvalue weighted by molar-refractivity contribution is 5.32. The predicted octanol–water partition coefficient (Wildman–Crippen LogP) is 2.55. The zero-order valence-electron chi connectivity index (χ0n) is 10.5. The van der Waals surface area contributed by atoms with E-state index in [1.807, 2.05) is 12.3 Å². The monoisotopic (exact) mass is 243 g/mol. The van der Waals surface area contributed by atoms with E-state index in [1.165, 1.54) is 11.3 Å². The molecule has 0 radical (unpaired) electrons. The molecule has 1 heterocycles. The Hall–Kier alpha value is -2.23. The second-order valence-corrected chi connectivity index (χ2v) is 4.33. The van der Waals surface area contributed by atoms with Crippen LogP contribution in [0.3, 0.4) is 0 Å². The molecule has 0 amide bonds. The highest BCUT2D eigenvalue weighted by atomic mass is 16.6. The third kappa shape index (κ3) is 2.53. The number of aryl methyl sites for hydroxylation is 1. The molecule has 0 atom stereocenters. The molecule has 0 unspecified atom stereocenters. The Balaban J connectivity index is 2.24. The molecule has 92 valence electrons. The van der Waals surface area contributed by atoms with Crippen molar-refractivity contribution in [2.75, 3.05) is 0 Å². The number of nitro benzene ring substituents is 1. The lowest BCUT2D eigenvalue weighted by molar-refractivity contribution is -0.694. The predicted molar refractivity (Wildman–Crippen MR) is 68.3 cm³/mol. The maximum Gasteiger partial charge on any atom is 0.269 e. The average molecular weight is 243 g/mol. The first kappa shape index (κ1) is 12.2. The molecule has 0 aliphatic carbocycles. The number of non-ortho nitro benzene ring substituents is 1. The summed E-state index contributed by atoms with van der Waals surface area (Å²) < 4.78 is 2.14. The lowest BCUT2D eigenvalue weighted by Gasteiger charge is -2.02. The fourth-order valence-electron chi connectivity index (χ4n) is 1.84. The minimum Gasteiger partial charge on any atom is -0.258 e. The van der Waals surface area contributed by atoms with Gasteiger partial charge >= 0.3 is 0 Å². The van der Waals surface area contributed by atoms with E-state index in [0.29, 0.717) is 0 Å². The normalized spacial score (nSPS) is 10.3. The molecule has 0 fully saturated rings. The summed E-state index contributed by atoms with van der Waals surface area (Å²) in [6.07, 6.45) is 2.02. The standard InChI is InChI=1S/C14H15N2O2/c1-11-4-3-9-15(12(11)2)10-13-5-7-14(8-6-13)16(17)18/h3-9H,10H2,1-2H3/q+1. The summed E-state index contributed by atoms with van der Waals surface area (Å²) in [6.45, 7) is 4.87. The van der Waals surface area contributed by atoms with Gasteiger partial charge in [-0.25, -0.2) is 0 Å². The van der Waals surface area contributed by atoms with E-state index >= 15 is 0 Å². The Morgan fingerprint density at radius 3 is 2.44 bits per heavy atom. The highest BCUT2D eigenvalue weighted by Gasteiger charge is 2.10. The molecule has 0 saturated carbocycles. The van der Waals surface area contributed by atoms with Gasteiger partial charge in [0.15, 0.2) is 18.4 Å². The minimum absolute atomic E-state index is 0.129. The topological polar surface area (TPSA) is 47.0 Å². The van der Waals surface area contributed by atoms with Gasteiger partial charge in [-0.05, 0) is 25.1 Å². The molecule has 0 aliphatic rings. The first-order chi connectivity index (χ1) is 8.58. The van der Waals surface area contributed by atoms with Gasteiger partial charge < -0.3 is 0 Å². The summed E-state index contributed by atoms with van der Waals surface area (Å²) in [6, 6.07) is 10.8. The number of hydrogen-bond acceptors (Lipinski definition) is 2. The van der Waals surface area contributed by atoms with Gasteiger partial charge in [0.2, 0.25) is 0 Å². The van der Waals surface area contributed by atoms with Gasteiger partial charge in [0.1, 0.15) is 0 Å². The van der Waals surface area contributed by atoms with Crippen LogP contribution in [0.25, 0.3) is 0 Å². The molecule has 0 spiro atoms.